The largest absolute Gasteiger partial charge is 0.496 e. The van der Waals surface area contributed by atoms with E-state index in [9.17, 15) is 0 Å². The second-order valence-electron chi connectivity index (χ2n) is 4.31. The zero-order valence-corrected chi connectivity index (χ0v) is 11.2. The molecule has 0 saturated heterocycles. The van der Waals surface area contributed by atoms with Crippen molar-refractivity contribution in [1.29, 1.82) is 0 Å². The number of rotatable bonds is 3. The first-order chi connectivity index (χ1) is 9.76. The molecular formula is C15H14N2O3. The van der Waals surface area contributed by atoms with Crippen molar-refractivity contribution in [3.63, 3.8) is 0 Å². The second kappa shape index (κ2) is 4.77. The van der Waals surface area contributed by atoms with Crippen LogP contribution in [0.1, 0.15) is 0 Å². The highest BCUT2D eigenvalue weighted by atomic mass is 16.5. The van der Waals surface area contributed by atoms with E-state index in [0.29, 0.717) is 5.56 Å². The molecule has 0 bridgehead atoms. The summed E-state index contributed by atoms with van der Waals surface area (Å²) in [5.74, 6) is 1.78. The predicted octanol–water partition coefficient (Wildman–Crippen LogP) is 3.09. The Kier molecular flexibility index (Phi) is 2.95. The smallest absolute Gasteiger partial charge is 0.230 e. The number of nitrogens with two attached hydrogens (primary N) is 1. The third-order valence-corrected chi connectivity index (χ3v) is 3.28. The molecule has 0 fully saturated rings. The van der Waals surface area contributed by atoms with E-state index >= 15 is 0 Å². The minimum atomic E-state index is 0.269. The Labute approximate surface area is 115 Å². The highest BCUT2D eigenvalue weighted by Gasteiger charge is 2.16. The molecule has 3 aromatic rings. The average molecular weight is 270 g/mol. The Morgan fingerprint density at radius 1 is 1.00 bits per heavy atom. The minimum absolute atomic E-state index is 0.269. The van der Waals surface area contributed by atoms with Gasteiger partial charge in [-0.1, -0.05) is 17.3 Å². The molecule has 1 aromatic heterocycles. The molecule has 3 rings (SSSR count). The van der Waals surface area contributed by atoms with Crippen LogP contribution in [0.15, 0.2) is 41.1 Å². The molecule has 0 atom stereocenters. The fraction of sp³-hybridized carbons (Fsp3) is 0.133. The van der Waals surface area contributed by atoms with Gasteiger partial charge in [0.2, 0.25) is 5.88 Å². The molecule has 0 radical (unpaired) electrons. The molecular weight excluding hydrogens is 256 g/mol. The molecule has 0 aliphatic rings. The third kappa shape index (κ3) is 1.75. The number of nitrogens with zero attached hydrogens (tertiary/aromatic N) is 1. The Bertz CT molecular complexity index is 765. The van der Waals surface area contributed by atoms with Crippen LogP contribution in [0.3, 0.4) is 0 Å². The van der Waals surface area contributed by atoms with Gasteiger partial charge in [0.1, 0.15) is 11.5 Å². The van der Waals surface area contributed by atoms with Gasteiger partial charge in [0, 0.05) is 16.3 Å². The number of hydrogen-bond donors (Lipinski definition) is 1. The van der Waals surface area contributed by atoms with E-state index in [1.54, 1.807) is 20.4 Å². The number of benzene rings is 2. The normalized spacial score (nSPS) is 10.7. The lowest BCUT2D eigenvalue weighted by Crippen LogP contribution is -1.93. The first-order valence-corrected chi connectivity index (χ1v) is 6.10. The zero-order chi connectivity index (χ0) is 14.1. The van der Waals surface area contributed by atoms with Gasteiger partial charge in [0.15, 0.2) is 0 Å². The molecule has 2 N–H and O–H groups in total. The van der Waals surface area contributed by atoms with E-state index in [4.69, 9.17) is 19.7 Å². The molecule has 1 heterocycles. The number of aromatic nitrogens is 1. The molecule has 2 aromatic carbocycles. The number of ether oxygens (including phenoxy) is 2. The number of nitrogen functional groups attached to an aromatic ring is 1. The SMILES string of the molecule is COc1cccc2c(OC)c(-c3cnoc3N)ccc12. The van der Waals surface area contributed by atoms with Crippen molar-refractivity contribution in [3.05, 3.63) is 36.5 Å². The maximum absolute atomic E-state index is 5.79. The summed E-state index contributed by atoms with van der Waals surface area (Å²) >= 11 is 0. The summed E-state index contributed by atoms with van der Waals surface area (Å²) in [7, 11) is 3.27. The zero-order valence-electron chi connectivity index (χ0n) is 11.2. The summed E-state index contributed by atoms with van der Waals surface area (Å²) in [6, 6.07) is 9.70. The molecule has 102 valence electrons. The Hall–Kier alpha value is -2.69. The van der Waals surface area contributed by atoms with E-state index < -0.39 is 0 Å². The van der Waals surface area contributed by atoms with Crippen LogP contribution >= 0.6 is 0 Å². The molecule has 5 heteroatoms. The van der Waals surface area contributed by atoms with Crippen molar-refractivity contribution >= 4 is 16.7 Å². The van der Waals surface area contributed by atoms with Gasteiger partial charge < -0.3 is 19.7 Å². The van der Waals surface area contributed by atoms with Gasteiger partial charge in [0.25, 0.3) is 0 Å². The van der Waals surface area contributed by atoms with E-state index in [1.165, 1.54) is 0 Å². The van der Waals surface area contributed by atoms with Gasteiger partial charge in [-0.15, -0.1) is 0 Å². The predicted molar refractivity (Wildman–Crippen MR) is 77.0 cm³/mol. The lowest BCUT2D eigenvalue weighted by Gasteiger charge is -2.12. The van der Waals surface area contributed by atoms with E-state index in [-0.39, 0.29) is 5.88 Å². The summed E-state index contributed by atoms with van der Waals surface area (Å²) in [6.45, 7) is 0. The number of fused-ring (bicyclic) bond motifs is 1. The van der Waals surface area contributed by atoms with Crippen molar-refractivity contribution < 1.29 is 14.0 Å². The number of hydrogen-bond acceptors (Lipinski definition) is 5. The van der Waals surface area contributed by atoms with Gasteiger partial charge in [-0.05, 0) is 18.2 Å². The molecule has 0 unspecified atom stereocenters. The average Bonchev–Trinajstić information content (AvgIpc) is 2.91. The summed E-state index contributed by atoms with van der Waals surface area (Å²) in [4.78, 5) is 0. The molecule has 0 amide bonds. The fourth-order valence-electron chi connectivity index (χ4n) is 2.36. The number of methoxy groups -OCH3 is 2. The summed E-state index contributed by atoms with van der Waals surface area (Å²) < 4.78 is 15.8. The molecule has 0 aliphatic carbocycles. The van der Waals surface area contributed by atoms with E-state index in [0.717, 1.165) is 27.8 Å². The molecule has 0 spiro atoms. The molecule has 5 nitrogen and oxygen atoms in total. The van der Waals surface area contributed by atoms with Crippen LogP contribution in [-0.2, 0) is 0 Å². The van der Waals surface area contributed by atoms with Crippen LogP contribution < -0.4 is 15.2 Å². The quantitative estimate of drug-likeness (QED) is 0.791. The third-order valence-electron chi connectivity index (χ3n) is 3.28. The van der Waals surface area contributed by atoms with Gasteiger partial charge >= 0.3 is 0 Å². The van der Waals surface area contributed by atoms with Crippen molar-refractivity contribution in [2.75, 3.05) is 20.0 Å². The van der Waals surface area contributed by atoms with E-state index in [2.05, 4.69) is 5.16 Å². The van der Waals surface area contributed by atoms with Crippen LogP contribution in [0.5, 0.6) is 11.5 Å². The van der Waals surface area contributed by atoms with Crippen LogP contribution in [0.4, 0.5) is 5.88 Å². The Morgan fingerprint density at radius 2 is 1.85 bits per heavy atom. The first kappa shape index (κ1) is 12.3. The Balaban J connectivity index is 2.33. The van der Waals surface area contributed by atoms with Crippen molar-refractivity contribution in [2.24, 2.45) is 0 Å². The fourth-order valence-corrected chi connectivity index (χ4v) is 2.36. The summed E-state index contributed by atoms with van der Waals surface area (Å²) in [6.07, 6.45) is 1.58. The second-order valence-corrected chi connectivity index (χ2v) is 4.31. The molecule has 20 heavy (non-hydrogen) atoms. The van der Waals surface area contributed by atoms with Crippen molar-refractivity contribution in [3.8, 4) is 22.6 Å². The monoisotopic (exact) mass is 270 g/mol. The van der Waals surface area contributed by atoms with Gasteiger partial charge in [0.05, 0.1) is 26.0 Å². The standard InChI is InChI=1S/C15H14N2O3/c1-18-13-5-3-4-10-9(13)6-7-11(14(10)19-2)12-8-17-20-15(12)16/h3-8H,16H2,1-2H3. The topological polar surface area (TPSA) is 70.5 Å². The Morgan fingerprint density at radius 3 is 2.50 bits per heavy atom. The van der Waals surface area contributed by atoms with Crippen LogP contribution in [-0.4, -0.2) is 19.4 Å². The van der Waals surface area contributed by atoms with Gasteiger partial charge in [-0.25, -0.2) is 0 Å². The lowest BCUT2D eigenvalue weighted by molar-refractivity contribution is 0.416. The summed E-state index contributed by atoms with van der Waals surface area (Å²) in [5, 5.41) is 5.63. The van der Waals surface area contributed by atoms with Crippen LogP contribution in [0, 0.1) is 0 Å². The van der Waals surface area contributed by atoms with Crippen molar-refractivity contribution in [2.45, 2.75) is 0 Å². The van der Waals surface area contributed by atoms with Crippen LogP contribution in [0.2, 0.25) is 0 Å². The molecule has 0 aliphatic heterocycles. The van der Waals surface area contributed by atoms with Gasteiger partial charge in [-0.2, -0.15) is 0 Å². The highest BCUT2D eigenvalue weighted by Crippen LogP contribution is 2.41. The van der Waals surface area contributed by atoms with Gasteiger partial charge in [-0.3, -0.25) is 0 Å². The number of anilines is 1. The first-order valence-electron chi connectivity index (χ1n) is 6.10. The highest BCUT2D eigenvalue weighted by molar-refractivity contribution is 5.99. The summed E-state index contributed by atoms with van der Waals surface area (Å²) in [5.41, 5.74) is 7.34. The van der Waals surface area contributed by atoms with E-state index in [1.807, 2.05) is 30.3 Å². The molecule has 0 saturated carbocycles. The van der Waals surface area contributed by atoms with Crippen molar-refractivity contribution in [1.82, 2.24) is 5.16 Å². The lowest BCUT2D eigenvalue weighted by atomic mass is 10.0. The van der Waals surface area contributed by atoms with Crippen LogP contribution in [0.25, 0.3) is 21.9 Å². The maximum Gasteiger partial charge on any atom is 0.230 e. The maximum atomic E-state index is 5.79. The minimum Gasteiger partial charge on any atom is -0.496 e.